The zero-order chi connectivity index (χ0) is 15.1. The fourth-order valence-electron chi connectivity index (χ4n) is 2.03. The number of carbonyl (C=O) groups excluding carboxylic acids is 1. The van der Waals surface area contributed by atoms with Crippen molar-refractivity contribution >= 4 is 50.7 Å². The van der Waals surface area contributed by atoms with E-state index in [-0.39, 0.29) is 5.91 Å². The Morgan fingerprint density at radius 3 is 2.67 bits per heavy atom. The van der Waals surface area contributed by atoms with Crippen LogP contribution >= 0.6 is 39.1 Å². The second-order valence-corrected chi connectivity index (χ2v) is 6.18. The summed E-state index contributed by atoms with van der Waals surface area (Å²) in [6, 6.07) is 7.80. The highest BCUT2D eigenvalue weighted by Crippen LogP contribution is 2.40. The molecule has 0 saturated carbocycles. The summed E-state index contributed by atoms with van der Waals surface area (Å²) in [5.74, 6) is 0.851. The summed E-state index contributed by atoms with van der Waals surface area (Å²) in [4.78, 5) is 11.6. The maximum absolute atomic E-state index is 11.6. The van der Waals surface area contributed by atoms with Crippen molar-refractivity contribution in [3.63, 3.8) is 0 Å². The first kappa shape index (κ1) is 14.7. The molecule has 21 heavy (non-hydrogen) atoms. The molecule has 1 aliphatic rings. The van der Waals surface area contributed by atoms with Gasteiger partial charge in [0.15, 0.2) is 0 Å². The Hall–Kier alpha value is -1.27. The summed E-state index contributed by atoms with van der Waals surface area (Å²) < 4.78 is 6.45. The molecule has 0 aromatic heterocycles. The molecule has 3 rings (SSSR count). The Morgan fingerprint density at radius 2 is 1.95 bits per heavy atom. The number of fused-ring (bicyclic) bond motifs is 1. The van der Waals surface area contributed by atoms with E-state index in [1.165, 1.54) is 0 Å². The van der Waals surface area contributed by atoms with E-state index < -0.39 is 6.04 Å². The molecule has 1 unspecified atom stereocenters. The van der Waals surface area contributed by atoms with Crippen LogP contribution in [0.15, 0.2) is 34.8 Å². The molecule has 1 atom stereocenters. The van der Waals surface area contributed by atoms with Gasteiger partial charge in [-0.05, 0) is 34.1 Å². The number of hydrogen-bond donors (Lipinski definition) is 2. The predicted molar refractivity (Wildman–Crippen MR) is 86.2 cm³/mol. The van der Waals surface area contributed by atoms with Gasteiger partial charge in [0.05, 0.1) is 14.5 Å². The van der Waals surface area contributed by atoms with Gasteiger partial charge in [-0.2, -0.15) is 0 Å². The van der Waals surface area contributed by atoms with Crippen molar-refractivity contribution in [3.05, 3.63) is 50.4 Å². The van der Waals surface area contributed by atoms with Crippen molar-refractivity contribution in [2.24, 2.45) is 5.73 Å². The van der Waals surface area contributed by atoms with Crippen molar-refractivity contribution in [1.82, 2.24) is 0 Å². The topological polar surface area (TPSA) is 64.4 Å². The maximum Gasteiger partial charge on any atom is 0.245 e. The maximum atomic E-state index is 11.6. The largest absolute Gasteiger partial charge is 0.456 e. The minimum atomic E-state index is -0.657. The number of hydrogen-bond acceptors (Lipinski definition) is 3. The minimum Gasteiger partial charge on any atom is -0.456 e. The van der Waals surface area contributed by atoms with Gasteiger partial charge in [0.25, 0.3) is 0 Å². The third kappa shape index (κ3) is 2.74. The molecule has 0 saturated heterocycles. The highest BCUT2D eigenvalue weighted by molar-refractivity contribution is 9.10. The van der Waals surface area contributed by atoms with Crippen LogP contribution in [0.25, 0.3) is 0 Å². The summed E-state index contributed by atoms with van der Waals surface area (Å²) in [5.41, 5.74) is 7.17. The predicted octanol–water partition coefficient (Wildman–Crippen LogP) is 4.50. The Balaban J connectivity index is 1.95. The van der Waals surface area contributed by atoms with E-state index >= 15 is 0 Å². The van der Waals surface area contributed by atoms with Crippen LogP contribution in [0, 0.1) is 0 Å². The van der Waals surface area contributed by atoms with Gasteiger partial charge in [0, 0.05) is 23.4 Å². The molecule has 0 fully saturated rings. The molecule has 0 radical (unpaired) electrons. The van der Waals surface area contributed by atoms with Gasteiger partial charge in [0.2, 0.25) is 5.91 Å². The lowest BCUT2D eigenvalue weighted by Crippen LogP contribution is -2.19. The number of benzene rings is 2. The fraction of sp³-hybridized carbons (Fsp3) is 0.0714. The zero-order valence-electron chi connectivity index (χ0n) is 10.5. The van der Waals surface area contributed by atoms with Crippen LogP contribution < -0.4 is 15.8 Å². The minimum absolute atomic E-state index is 0.233. The first-order valence-electron chi connectivity index (χ1n) is 5.98. The number of halogens is 3. The molecular weight excluding hydrogens is 379 g/mol. The van der Waals surface area contributed by atoms with E-state index in [0.29, 0.717) is 31.7 Å². The first-order valence-corrected chi connectivity index (χ1v) is 7.53. The number of ether oxygens (including phenoxy) is 1. The van der Waals surface area contributed by atoms with Crippen molar-refractivity contribution in [2.45, 2.75) is 6.04 Å². The summed E-state index contributed by atoms with van der Waals surface area (Å²) in [6.07, 6.45) is 0. The number of amides is 1. The molecule has 0 spiro atoms. The zero-order valence-corrected chi connectivity index (χ0v) is 13.6. The Bertz CT molecular complexity index is 752. The molecule has 7 heteroatoms. The lowest BCUT2D eigenvalue weighted by molar-refractivity contribution is -0.116. The van der Waals surface area contributed by atoms with Crippen LogP contribution in [0.4, 0.5) is 5.69 Å². The molecule has 108 valence electrons. The van der Waals surface area contributed by atoms with E-state index in [0.717, 1.165) is 5.56 Å². The van der Waals surface area contributed by atoms with Crippen LogP contribution in [-0.4, -0.2) is 5.91 Å². The molecule has 1 heterocycles. The second kappa shape index (κ2) is 5.50. The van der Waals surface area contributed by atoms with Gasteiger partial charge >= 0.3 is 0 Å². The average molecular weight is 388 g/mol. The smallest absolute Gasteiger partial charge is 0.245 e. The average Bonchev–Trinajstić information content (AvgIpc) is 2.70. The molecular formula is C14H9BrCl2N2O2. The molecule has 2 aromatic carbocycles. The van der Waals surface area contributed by atoms with Crippen LogP contribution in [0.5, 0.6) is 11.5 Å². The normalized spacial score (nSPS) is 16.6. The lowest BCUT2D eigenvalue weighted by atomic mass is 10.1. The summed E-state index contributed by atoms with van der Waals surface area (Å²) in [7, 11) is 0. The van der Waals surface area contributed by atoms with Crippen LogP contribution in [0.2, 0.25) is 10.0 Å². The Morgan fingerprint density at radius 1 is 1.19 bits per heavy atom. The third-order valence-electron chi connectivity index (χ3n) is 3.10. The van der Waals surface area contributed by atoms with E-state index in [4.69, 9.17) is 33.7 Å². The highest BCUT2D eigenvalue weighted by Gasteiger charge is 2.28. The summed E-state index contributed by atoms with van der Waals surface area (Å²) in [5, 5.41) is 3.57. The quantitative estimate of drug-likeness (QED) is 0.797. The van der Waals surface area contributed by atoms with Gasteiger partial charge in [-0.25, -0.2) is 0 Å². The number of nitrogens with one attached hydrogen (secondary N) is 1. The van der Waals surface area contributed by atoms with Gasteiger partial charge < -0.3 is 15.8 Å². The summed E-state index contributed by atoms with van der Waals surface area (Å²) >= 11 is 15.2. The molecule has 3 N–H and O–H groups in total. The van der Waals surface area contributed by atoms with Gasteiger partial charge in [0.1, 0.15) is 17.5 Å². The fourth-order valence-corrected chi connectivity index (χ4v) is 2.76. The van der Waals surface area contributed by atoms with E-state index in [9.17, 15) is 4.79 Å². The molecule has 1 amide bonds. The van der Waals surface area contributed by atoms with E-state index in [1.807, 2.05) is 0 Å². The van der Waals surface area contributed by atoms with Crippen LogP contribution in [0.1, 0.15) is 11.6 Å². The Kier molecular flexibility index (Phi) is 3.84. The number of nitrogens with two attached hydrogens (primary N) is 1. The highest BCUT2D eigenvalue weighted by atomic mass is 79.9. The van der Waals surface area contributed by atoms with Crippen molar-refractivity contribution in [3.8, 4) is 11.5 Å². The van der Waals surface area contributed by atoms with E-state index in [1.54, 1.807) is 30.3 Å². The van der Waals surface area contributed by atoms with Gasteiger partial charge in [-0.15, -0.1) is 0 Å². The standard InChI is InChI=1S/C14H9BrCl2N2O2/c15-8-4-7-11(19-14(20)13(7)18)5-12(8)21-6-1-2-9(16)10(17)3-6/h1-5,13H,18H2,(H,19,20). The van der Waals surface area contributed by atoms with Crippen LogP contribution in [-0.2, 0) is 4.79 Å². The SMILES string of the molecule is NC1C(=O)Nc2cc(Oc3ccc(Cl)c(Cl)c3)c(Br)cc21. The lowest BCUT2D eigenvalue weighted by Gasteiger charge is -2.11. The number of rotatable bonds is 2. The first-order chi connectivity index (χ1) is 9.95. The van der Waals surface area contributed by atoms with Crippen LogP contribution in [0.3, 0.4) is 0 Å². The second-order valence-electron chi connectivity index (χ2n) is 4.51. The molecule has 4 nitrogen and oxygen atoms in total. The molecule has 0 aliphatic carbocycles. The monoisotopic (exact) mass is 386 g/mol. The molecule has 0 bridgehead atoms. The van der Waals surface area contributed by atoms with Gasteiger partial charge in [-0.3, -0.25) is 4.79 Å². The molecule has 1 aliphatic heterocycles. The summed E-state index contributed by atoms with van der Waals surface area (Å²) in [6.45, 7) is 0. The third-order valence-corrected chi connectivity index (χ3v) is 4.46. The van der Waals surface area contributed by atoms with Crippen molar-refractivity contribution in [2.75, 3.05) is 5.32 Å². The molecule has 2 aromatic rings. The van der Waals surface area contributed by atoms with Gasteiger partial charge in [-0.1, -0.05) is 23.2 Å². The number of anilines is 1. The van der Waals surface area contributed by atoms with Crippen molar-refractivity contribution < 1.29 is 9.53 Å². The number of carbonyl (C=O) groups is 1. The van der Waals surface area contributed by atoms with Crippen molar-refractivity contribution in [1.29, 1.82) is 0 Å². The van der Waals surface area contributed by atoms with E-state index in [2.05, 4.69) is 21.2 Å². The Labute approximate surface area is 139 Å².